The molecule has 0 radical (unpaired) electrons. The summed E-state index contributed by atoms with van der Waals surface area (Å²) in [7, 11) is 0. The zero-order chi connectivity index (χ0) is 10.8. The van der Waals surface area contributed by atoms with Crippen molar-refractivity contribution in [2.45, 2.75) is 13.0 Å². The van der Waals surface area contributed by atoms with Crippen LogP contribution in [0.3, 0.4) is 0 Å². The van der Waals surface area contributed by atoms with Crippen LogP contribution in [0.1, 0.15) is 18.5 Å². The zero-order valence-corrected chi connectivity index (χ0v) is 8.23. The highest BCUT2D eigenvalue weighted by Crippen LogP contribution is 2.24. The second-order valence-corrected chi connectivity index (χ2v) is 3.29. The molecule has 0 amide bonds. The molecule has 1 unspecified atom stereocenters. The summed E-state index contributed by atoms with van der Waals surface area (Å²) in [6.45, 7) is 1.86. The summed E-state index contributed by atoms with van der Waals surface area (Å²) in [5.41, 5.74) is 7.44. The van der Waals surface area contributed by atoms with Gasteiger partial charge in [-0.2, -0.15) is 0 Å². The molecule has 2 aromatic rings. The largest absolute Gasteiger partial charge is 0.434 e. The molecule has 0 spiro atoms. The number of nitrogens with two attached hydrogens (primary N) is 1. The van der Waals surface area contributed by atoms with Crippen molar-refractivity contribution < 1.29 is 4.42 Å². The second-order valence-electron chi connectivity index (χ2n) is 3.29. The van der Waals surface area contributed by atoms with Crippen molar-refractivity contribution in [2.75, 3.05) is 0 Å². The lowest BCUT2D eigenvalue weighted by molar-refractivity contribution is 0.526. The van der Waals surface area contributed by atoms with Gasteiger partial charge in [0, 0.05) is 11.6 Å². The van der Waals surface area contributed by atoms with E-state index in [1.807, 2.05) is 31.2 Å². The van der Waals surface area contributed by atoms with E-state index in [2.05, 4.69) is 10.2 Å². The van der Waals surface area contributed by atoms with Crippen molar-refractivity contribution >= 4 is 0 Å². The minimum Gasteiger partial charge on any atom is -0.388 e. The molecule has 5 heteroatoms. The minimum absolute atomic E-state index is 0.136. The molecule has 78 valence electrons. The quantitative estimate of drug-likeness (QED) is 0.767. The molecule has 0 saturated carbocycles. The van der Waals surface area contributed by atoms with Crippen LogP contribution < -0.4 is 11.5 Å². The molecule has 5 nitrogen and oxygen atoms in total. The number of hydrogen-bond acceptors (Lipinski definition) is 4. The average molecular weight is 205 g/mol. The molecule has 3 N–H and O–H groups in total. The lowest BCUT2D eigenvalue weighted by Crippen LogP contribution is -2.06. The number of nitrogens with one attached hydrogen (secondary N) is 1. The van der Waals surface area contributed by atoms with Crippen LogP contribution in [0.25, 0.3) is 11.5 Å². The smallest absolute Gasteiger partial charge is 0.388 e. The van der Waals surface area contributed by atoms with Gasteiger partial charge >= 0.3 is 5.76 Å². The zero-order valence-electron chi connectivity index (χ0n) is 8.23. The van der Waals surface area contributed by atoms with Crippen LogP contribution in [-0.4, -0.2) is 10.2 Å². The first-order valence-electron chi connectivity index (χ1n) is 4.59. The average Bonchev–Trinajstić information content (AvgIpc) is 2.65. The molecule has 1 heterocycles. The maximum atomic E-state index is 10.8. The highest BCUT2D eigenvalue weighted by Gasteiger charge is 2.12. The summed E-state index contributed by atoms with van der Waals surface area (Å²) in [5.74, 6) is -0.294. The third-order valence-corrected chi connectivity index (χ3v) is 2.12. The van der Waals surface area contributed by atoms with E-state index in [1.165, 1.54) is 0 Å². The van der Waals surface area contributed by atoms with Crippen LogP contribution in [0.2, 0.25) is 0 Å². The summed E-state index contributed by atoms with van der Waals surface area (Å²) in [4.78, 5) is 10.8. The maximum Gasteiger partial charge on any atom is 0.434 e. The summed E-state index contributed by atoms with van der Waals surface area (Å²) in [6, 6.07) is 7.29. The summed E-state index contributed by atoms with van der Waals surface area (Å²) in [6.07, 6.45) is 0. The van der Waals surface area contributed by atoms with Crippen molar-refractivity contribution in [3.05, 3.63) is 40.4 Å². The number of nitrogens with zero attached hydrogens (tertiary/aromatic N) is 1. The molecule has 2 rings (SSSR count). The lowest BCUT2D eigenvalue weighted by atomic mass is 10.0. The molecule has 15 heavy (non-hydrogen) atoms. The van der Waals surface area contributed by atoms with E-state index in [0.29, 0.717) is 0 Å². The van der Waals surface area contributed by atoms with Gasteiger partial charge in [-0.05, 0) is 18.6 Å². The molecular weight excluding hydrogens is 194 g/mol. The number of hydrogen-bond donors (Lipinski definition) is 2. The Hall–Kier alpha value is -1.88. The van der Waals surface area contributed by atoms with Gasteiger partial charge in [0.1, 0.15) is 0 Å². The third-order valence-electron chi connectivity index (χ3n) is 2.12. The molecule has 1 aromatic heterocycles. The SMILES string of the molecule is CC(N)c1ccccc1-c1n[nH]c(=O)o1. The third kappa shape index (κ3) is 1.82. The Morgan fingerprint density at radius 1 is 1.47 bits per heavy atom. The molecule has 0 aliphatic heterocycles. The predicted molar refractivity (Wildman–Crippen MR) is 55.2 cm³/mol. The molecule has 1 aromatic carbocycles. The van der Waals surface area contributed by atoms with Gasteiger partial charge in [-0.1, -0.05) is 18.2 Å². The van der Waals surface area contributed by atoms with Crippen LogP contribution in [-0.2, 0) is 0 Å². The van der Waals surface area contributed by atoms with Crippen molar-refractivity contribution in [3.63, 3.8) is 0 Å². The van der Waals surface area contributed by atoms with Crippen molar-refractivity contribution in [1.82, 2.24) is 10.2 Å². The number of aromatic nitrogens is 2. The summed E-state index contributed by atoms with van der Waals surface area (Å²) in [5, 5.41) is 5.99. The van der Waals surface area contributed by atoms with E-state index in [9.17, 15) is 4.79 Å². The second kappa shape index (κ2) is 3.70. The molecule has 0 aliphatic carbocycles. The highest BCUT2D eigenvalue weighted by molar-refractivity contribution is 5.58. The van der Waals surface area contributed by atoms with E-state index in [-0.39, 0.29) is 11.9 Å². The molecule has 0 fully saturated rings. The van der Waals surface area contributed by atoms with Gasteiger partial charge in [-0.25, -0.2) is 9.89 Å². The number of H-pyrrole nitrogens is 1. The van der Waals surface area contributed by atoms with Crippen molar-refractivity contribution in [3.8, 4) is 11.5 Å². The van der Waals surface area contributed by atoms with Crippen LogP contribution >= 0.6 is 0 Å². The van der Waals surface area contributed by atoms with Gasteiger partial charge in [0.2, 0.25) is 5.89 Å². The first-order valence-corrected chi connectivity index (χ1v) is 4.59. The summed E-state index contributed by atoms with van der Waals surface area (Å²) >= 11 is 0. The van der Waals surface area contributed by atoms with Crippen LogP contribution in [0, 0.1) is 0 Å². The fourth-order valence-corrected chi connectivity index (χ4v) is 1.43. The Kier molecular flexibility index (Phi) is 2.39. The van der Waals surface area contributed by atoms with E-state index < -0.39 is 5.76 Å². The number of rotatable bonds is 2. The van der Waals surface area contributed by atoms with Gasteiger partial charge < -0.3 is 10.2 Å². The maximum absolute atomic E-state index is 10.8. The van der Waals surface area contributed by atoms with Crippen molar-refractivity contribution in [2.24, 2.45) is 5.73 Å². The van der Waals surface area contributed by atoms with E-state index in [0.717, 1.165) is 11.1 Å². The Morgan fingerprint density at radius 2 is 2.20 bits per heavy atom. The predicted octanol–water partition coefficient (Wildman–Crippen LogP) is 1.05. The number of aromatic amines is 1. The Bertz CT molecular complexity index is 513. The fraction of sp³-hybridized carbons (Fsp3) is 0.200. The highest BCUT2D eigenvalue weighted by atomic mass is 16.4. The Morgan fingerprint density at radius 3 is 2.80 bits per heavy atom. The van der Waals surface area contributed by atoms with E-state index in [1.54, 1.807) is 0 Å². The summed E-state index contributed by atoms with van der Waals surface area (Å²) < 4.78 is 4.88. The minimum atomic E-state index is -0.565. The first kappa shape index (κ1) is 9.67. The van der Waals surface area contributed by atoms with Crippen LogP contribution in [0.15, 0.2) is 33.5 Å². The number of benzene rings is 1. The Labute approximate surface area is 85.9 Å². The molecule has 0 aliphatic rings. The standard InChI is InChI=1S/C10H11N3O2/c1-6(11)7-4-2-3-5-8(7)9-12-13-10(14)15-9/h2-6H,11H2,1H3,(H,13,14). The lowest BCUT2D eigenvalue weighted by Gasteiger charge is -2.08. The van der Waals surface area contributed by atoms with Crippen molar-refractivity contribution in [1.29, 1.82) is 0 Å². The normalized spacial score (nSPS) is 12.7. The monoisotopic (exact) mass is 205 g/mol. The van der Waals surface area contributed by atoms with Gasteiger partial charge in [0.05, 0.1) is 0 Å². The van der Waals surface area contributed by atoms with Crippen LogP contribution in [0.5, 0.6) is 0 Å². The molecule has 1 atom stereocenters. The van der Waals surface area contributed by atoms with Gasteiger partial charge in [-0.15, -0.1) is 5.10 Å². The fourth-order valence-electron chi connectivity index (χ4n) is 1.43. The van der Waals surface area contributed by atoms with E-state index >= 15 is 0 Å². The van der Waals surface area contributed by atoms with Gasteiger partial charge in [0.15, 0.2) is 0 Å². The van der Waals surface area contributed by atoms with Gasteiger partial charge in [0.25, 0.3) is 0 Å². The topological polar surface area (TPSA) is 84.9 Å². The first-order chi connectivity index (χ1) is 7.18. The molecule has 0 bridgehead atoms. The molecular formula is C10H11N3O2. The van der Waals surface area contributed by atoms with Crippen LogP contribution in [0.4, 0.5) is 0 Å². The molecule has 0 saturated heterocycles. The Balaban J connectivity index is 2.57. The van der Waals surface area contributed by atoms with E-state index in [4.69, 9.17) is 10.2 Å². The van der Waals surface area contributed by atoms with Gasteiger partial charge in [-0.3, -0.25) is 0 Å².